The highest BCUT2D eigenvalue weighted by Crippen LogP contribution is 2.50. The summed E-state index contributed by atoms with van der Waals surface area (Å²) in [5.41, 5.74) is 10.1. The fourth-order valence-corrected chi connectivity index (χ4v) is 18.8. The highest BCUT2D eigenvalue weighted by Gasteiger charge is 2.26. The van der Waals surface area contributed by atoms with Crippen molar-refractivity contribution in [1.82, 2.24) is 0 Å². The minimum absolute atomic E-state index is 0.388. The van der Waals surface area contributed by atoms with Gasteiger partial charge in [0.1, 0.15) is 0 Å². The summed E-state index contributed by atoms with van der Waals surface area (Å²) >= 11 is 8.33. The number of Topliss-reactive ketones (excluding diaryl/α,β-unsaturated/α-hetero) is 1. The van der Waals surface area contributed by atoms with Crippen LogP contribution in [0.25, 0.3) is 51.5 Å². The fourth-order valence-electron chi connectivity index (χ4n) is 13.8. The normalized spacial score (nSPS) is 12.4. The molecule has 5 heteroatoms. The molecule has 4 aromatic heterocycles. The molecular formula is C79H124OS4. The summed E-state index contributed by atoms with van der Waals surface area (Å²) in [4.78, 5) is 18.6. The van der Waals surface area contributed by atoms with Gasteiger partial charge in [-0.15, -0.1) is 45.3 Å². The van der Waals surface area contributed by atoms with Gasteiger partial charge in [0.05, 0.1) is 4.88 Å². The summed E-state index contributed by atoms with van der Waals surface area (Å²) in [6, 6.07) is 10.4. The lowest BCUT2D eigenvalue weighted by Gasteiger charge is -2.15. The molecule has 0 unspecified atom stereocenters. The van der Waals surface area contributed by atoms with Crippen molar-refractivity contribution in [3.8, 4) is 0 Å². The molecule has 0 aliphatic rings. The highest BCUT2D eigenvalue weighted by atomic mass is 32.1. The lowest BCUT2D eigenvalue weighted by Crippen LogP contribution is -1.97. The predicted molar refractivity (Wildman–Crippen MR) is 388 cm³/mol. The van der Waals surface area contributed by atoms with Crippen LogP contribution in [-0.2, 0) is 25.7 Å². The van der Waals surface area contributed by atoms with Gasteiger partial charge in [-0.1, -0.05) is 273 Å². The minimum Gasteiger partial charge on any atom is -0.293 e. The zero-order valence-corrected chi connectivity index (χ0v) is 58.8. The molecule has 6 aromatic rings. The van der Waals surface area contributed by atoms with Crippen molar-refractivity contribution in [3.63, 3.8) is 0 Å². The van der Waals surface area contributed by atoms with Crippen molar-refractivity contribution in [3.05, 3.63) is 66.5 Å². The summed E-state index contributed by atoms with van der Waals surface area (Å²) in [6.45, 7) is 16.4. The van der Waals surface area contributed by atoms with Crippen LogP contribution in [0.15, 0.2) is 29.6 Å². The Morgan fingerprint density at radius 3 is 0.893 bits per heavy atom. The van der Waals surface area contributed by atoms with Crippen LogP contribution in [0.4, 0.5) is 0 Å². The van der Waals surface area contributed by atoms with Crippen LogP contribution in [-0.4, -0.2) is 5.78 Å². The lowest BCUT2D eigenvalue weighted by molar-refractivity contribution is 0.0983. The fraction of sp³-hybridized carbons (Fsp3) is 0.709. The van der Waals surface area contributed by atoms with Crippen molar-refractivity contribution in [2.45, 2.75) is 363 Å². The Bertz CT molecular complexity index is 2750. The molecule has 0 aliphatic carbocycles. The number of rotatable bonds is 52. The predicted octanol–water partition coefficient (Wildman–Crippen LogP) is 29.5. The Morgan fingerprint density at radius 2 is 0.548 bits per heavy atom. The second-order valence-electron chi connectivity index (χ2n) is 26.1. The number of benzene rings is 2. The number of allylic oxidation sites excluding steroid dienone is 2. The summed E-state index contributed by atoms with van der Waals surface area (Å²) in [6.07, 6.45) is 63.1. The second-order valence-corrected chi connectivity index (χ2v) is 30.2. The third-order valence-corrected chi connectivity index (χ3v) is 23.7. The first kappa shape index (κ1) is 70.8. The largest absolute Gasteiger partial charge is 0.293 e. The third-order valence-electron chi connectivity index (χ3n) is 18.9. The summed E-state index contributed by atoms with van der Waals surface area (Å²) in [5.74, 6) is 0.388. The van der Waals surface area contributed by atoms with Crippen LogP contribution in [0.3, 0.4) is 0 Å². The molecule has 0 aliphatic heterocycles. The summed E-state index contributed by atoms with van der Waals surface area (Å²) in [5, 5.41) is 8.36. The monoisotopic (exact) mass is 1220 g/mol. The van der Waals surface area contributed by atoms with Gasteiger partial charge in [0.2, 0.25) is 0 Å². The van der Waals surface area contributed by atoms with Crippen LogP contribution in [0, 0.1) is 0 Å². The number of fused-ring (bicyclic) bond motifs is 6. The molecule has 0 saturated carbocycles. The van der Waals surface area contributed by atoms with E-state index >= 15 is 0 Å². The minimum atomic E-state index is 0.388. The highest BCUT2D eigenvalue weighted by molar-refractivity contribution is 7.23. The standard InChI is InChI=1S/C79H124OS4/c1-8-15-22-29-36-43-50-62(73-59-69-68-57-58-81-76(68)64(52-45-38-31-24-17-10-3)65(77(69)82-73)53-46-39-32-25-18-11-4)63(51-44-37-30-23-16-9-2)74-60-70-71-61-75(72(80)56-49-42-35-28-21-14-7)84-79(71)67(55-48-41-34-27-20-13-6)66(78(70)83-74)54-47-40-33-26-19-12-5/h57-61H,8-56H2,1-7H3/b63-62+. The Hall–Kier alpha value is -2.31. The number of thiophene rings is 4. The van der Waals surface area contributed by atoms with Gasteiger partial charge in [-0.25, -0.2) is 0 Å². The van der Waals surface area contributed by atoms with E-state index in [1.54, 1.807) is 62.6 Å². The number of carbonyl (C=O) groups is 1. The number of aryl methyl sites for hydroxylation is 4. The molecule has 4 heterocycles. The number of hydrogen-bond acceptors (Lipinski definition) is 5. The molecule has 6 rings (SSSR count). The Labute approximate surface area is 533 Å². The van der Waals surface area contributed by atoms with Crippen LogP contribution >= 0.6 is 45.3 Å². The van der Waals surface area contributed by atoms with Gasteiger partial charge < -0.3 is 0 Å². The quantitative estimate of drug-likeness (QED) is 0.0275. The van der Waals surface area contributed by atoms with E-state index in [0.717, 1.165) is 24.1 Å². The molecule has 470 valence electrons. The maximum Gasteiger partial charge on any atom is 0.172 e. The van der Waals surface area contributed by atoms with Crippen LogP contribution in [0.2, 0.25) is 0 Å². The van der Waals surface area contributed by atoms with Crippen molar-refractivity contribution in [2.24, 2.45) is 0 Å². The van der Waals surface area contributed by atoms with Crippen molar-refractivity contribution < 1.29 is 4.79 Å². The van der Waals surface area contributed by atoms with Gasteiger partial charge in [-0.05, 0) is 147 Å². The zero-order chi connectivity index (χ0) is 59.4. The number of hydrogen-bond donors (Lipinski definition) is 0. The van der Waals surface area contributed by atoms with Crippen LogP contribution < -0.4 is 0 Å². The van der Waals surface area contributed by atoms with E-state index < -0.39 is 0 Å². The van der Waals surface area contributed by atoms with E-state index in [0.29, 0.717) is 12.2 Å². The molecule has 0 spiro atoms. The summed E-state index contributed by atoms with van der Waals surface area (Å²) < 4.78 is 6.25. The molecule has 0 N–H and O–H groups in total. The molecule has 0 radical (unpaired) electrons. The van der Waals surface area contributed by atoms with Crippen LogP contribution in [0.1, 0.15) is 379 Å². The van der Waals surface area contributed by atoms with Gasteiger partial charge in [0, 0.05) is 56.5 Å². The molecular weight excluding hydrogens is 1090 g/mol. The first-order valence-electron chi connectivity index (χ1n) is 36.6. The van der Waals surface area contributed by atoms with E-state index in [2.05, 4.69) is 101 Å². The van der Waals surface area contributed by atoms with Gasteiger partial charge in [0.25, 0.3) is 0 Å². The van der Waals surface area contributed by atoms with Crippen molar-refractivity contribution >= 4 is 103 Å². The first-order chi connectivity index (χ1) is 41.4. The maximum atomic E-state index is 14.5. The molecule has 0 amide bonds. The average molecular weight is 1220 g/mol. The SMILES string of the molecule is CCCCCCCCC(=O)c1cc2c(s1)c(CCCCCCCC)c(CCCCCCCC)c1sc(/C(CCCCCCCC)=C(\CCCCCCCC)c3cc4c(s3)c(CCCCCCCC)c(CCCCCCCC)c3sccc34)cc12. The smallest absolute Gasteiger partial charge is 0.172 e. The molecule has 0 bridgehead atoms. The number of carbonyl (C=O) groups excluding carboxylic acids is 1. The molecule has 0 atom stereocenters. The zero-order valence-electron chi connectivity index (χ0n) is 55.6. The number of ketones is 1. The third kappa shape index (κ3) is 22.6. The Kier molecular flexibility index (Phi) is 35.9. The molecule has 1 nitrogen and oxygen atoms in total. The molecule has 0 saturated heterocycles. The molecule has 0 fully saturated rings. The van der Waals surface area contributed by atoms with Crippen molar-refractivity contribution in [2.75, 3.05) is 0 Å². The van der Waals surface area contributed by atoms with Crippen LogP contribution in [0.5, 0.6) is 0 Å². The van der Waals surface area contributed by atoms with E-state index in [-0.39, 0.29) is 0 Å². The lowest BCUT2D eigenvalue weighted by atomic mass is 9.91. The van der Waals surface area contributed by atoms with E-state index in [9.17, 15) is 4.79 Å². The van der Waals surface area contributed by atoms with Crippen molar-refractivity contribution in [1.29, 1.82) is 0 Å². The van der Waals surface area contributed by atoms with E-state index in [4.69, 9.17) is 0 Å². The molecule has 2 aromatic carbocycles. The van der Waals surface area contributed by atoms with Gasteiger partial charge in [0.15, 0.2) is 5.78 Å². The van der Waals surface area contributed by atoms with E-state index in [1.807, 2.05) is 22.7 Å². The first-order valence-corrected chi connectivity index (χ1v) is 40.0. The van der Waals surface area contributed by atoms with Gasteiger partial charge in [-0.3, -0.25) is 4.79 Å². The summed E-state index contributed by atoms with van der Waals surface area (Å²) in [7, 11) is 0. The van der Waals surface area contributed by atoms with Gasteiger partial charge in [-0.2, -0.15) is 0 Å². The Morgan fingerprint density at radius 1 is 0.286 bits per heavy atom. The maximum absolute atomic E-state index is 14.5. The topological polar surface area (TPSA) is 17.1 Å². The van der Waals surface area contributed by atoms with E-state index in [1.165, 1.54) is 310 Å². The second kappa shape index (κ2) is 42.6. The number of unbranched alkanes of at least 4 members (excludes halogenated alkanes) is 35. The molecule has 84 heavy (non-hydrogen) atoms. The van der Waals surface area contributed by atoms with Gasteiger partial charge >= 0.3 is 0 Å². The average Bonchev–Trinajstić information content (AvgIpc) is 2.52. The Balaban J connectivity index is 1.57.